The number of hydrogen-bond donors (Lipinski definition) is 0. The number of rotatable bonds is 8. The minimum atomic E-state index is -0.712. The second-order valence-corrected chi connectivity index (χ2v) is 10.8. The quantitative estimate of drug-likeness (QED) is 0.274. The predicted octanol–water partition coefficient (Wildman–Crippen LogP) is 5.13. The molecule has 5 rings (SSSR count). The van der Waals surface area contributed by atoms with Gasteiger partial charge in [-0.15, -0.1) is 0 Å². The van der Waals surface area contributed by atoms with E-state index in [2.05, 4.69) is 0 Å². The average molecular weight is 574 g/mol. The third-order valence-electron chi connectivity index (χ3n) is 7.14. The van der Waals surface area contributed by atoms with Gasteiger partial charge in [0.05, 0.1) is 35.6 Å². The zero-order chi connectivity index (χ0) is 29.3. The van der Waals surface area contributed by atoms with Crippen LogP contribution in [0.1, 0.15) is 55.2 Å². The molecule has 0 spiro atoms. The molecule has 0 aliphatic carbocycles. The highest BCUT2D eigenvalue weighted by Gasteiger charge is 2.34. The van der Waals surface area contributed by atoms with Crippen LogP contribution in [0, 0.1) is 19.7 Å². The maximum atomic E-state index is 14.1. The number of allylic oxidation sites excluding steroid dienone is 1. The zero-order valence-corrected chi connectivity index (χ0v) is 24.5. The molecule has 1 atom stereocenters. The standard InChI is InChI=1S/C32H32FN3O4S/c1-6-9-26-28(31(38)40-7-2)29(21-10-8-11-25(17-21)39-5)36-30(37)27(41-32(36)34-26)18-22-16-19(3)35(20(22)4)24-14-12-23(33)13-15-24/h8,10-18,29H,6-7,9H2,1-5H3/b27-18+. The predicted molar refractivity (Wildman–Crippen MR) is 158 cm³/mol. The number of carbonyl (C=O) groups is 1. The molecule has 0 amide bonds. The Morgan fingerprint density at radius 3 is 2.56 bits per heavy atom. The molecular formula is C32H32FN3O4S. The monoisotopic (exact) mass is 573 g/mol. The SMILES string of the molecule is CCCC1=C(C(=O)OCC)C(c2cccc(OC)c2)n2c(s/c(=C/c3cc(C)n(-c4ccc(F)cc4)c3C)c2=O)=N1. The van der Waals surface area contributed by atoms with Crippen molar-refractivity contribution in [2.24, 2.45) is 4.99 Å². The number of fused-ring (bicyclic) bond motifs is 1. The van der Waals surface area contributed by atoms with Crippen LogP contribution in [-0.4, -0.2) is 28.8 Å². The van der Waals surface area contributed by atoms with Crippen molar-refractivity contribution in [3.63, 3.8) is 0 Å². The first-order valence-corrected chi connectivity index (χ1v) is 14.4. The number of carbonyl (C=O) groups excluding carboxylic acids is 1. The maximum Gasteiger partial charge on any atom is 0.338 e. The lowest BCUT2D eigenvalue weighted by molar-refractivity contribution is -0.139. The molecule has 7 nitrogen and oxygen atoms in total. The molecule has 0 saturated carbocycles. The number of benzene rings is 2. The highest BCUT2D eigenvalue weighted by Crippen LogP contribution is 2.34. The topological polar surface area (TPSA) is 74.8 Å². The van der Waals surface area contributed by atoms with E-state index < -0.39 is 12.0 Å². The molecule has 0 radical (unpaired) electrons. The Balaban J connectivity index is 1.72. The van der Waals surface area contributed by atoms with E-state index in [4.69, 9.17) is 14.5 Å². The fraction of sp³-hybridized carbons (Fsp3) is 0.281. The van der Waals surface area contributed by atoms with E-state index in [1.54, 1.807) is 30.7 Å². The summed E-state index contributed by atoms with van der Waals surface area (Å²) < 4.78 is 28.6. The summed E-state index contributed by atoms with van der Waals surface area (Å²) in [6.45, 7) is 7.94. The lowest BCUT2D eigenvalue weighted by atomic mass is 9.94. The summed E-state index contributed by atoms with van der Waals surface area (Å²) in [5.74, 6) is -0.160. The molecule has 2 aromatic heterocycles. The first-order valence-electron chi connectivity index (χ1n) is 13.6. The number of ether oxygens (including phenoxy) is 2. The zero-order valence-electron chi connectivity index (χ0n) is 23.7. The van der Waals surface area contributed by atoms with Crippen molar-refractivity contribution in [3.05, 3.63) is 114 Å². The molecule has 2 aromatic carbocycles. The van der Waals surface area contributed by atoms with Crippen LogP contribution in [0.25, 0.3) is 11.8 Å². The third-order valence-corrected chi connectivity index (χ3v) is 8.13. The van der Waals surface area contributed by atoms with Crippen molar-refractivity contribution in [2.75, 3.05) is 13.7 Å². The van der Waals surface area contributed by atoms with E-state index in [1.807, 2.05) is 61.7 Å². The van der Waals surface area contributed by atoms with Crippen molar-refractivity contribution in [3.8, 4) is 11.4 Å². The Hall–Kier alpha value is -4.24. The molecule has 3 heterocycles. The molecule has 4 aromatic rings. The van der Waals surface area contributed by atoms with E-state index in [0.29, 0.717) is 32.8 Å². The normalized spacial score (nSPS) is 15.1. The van der Waals surface area contributed by atoms with Gasteiger partial charge in [-0.1, -0.05) is 36.8 Å². The van der Waals surface area contributed by atoms with Crippen LogP contribution in [-0.2, 0) is 9.53 Å². The first-order chi connectivity index (χ1) is 19.8. The van der Waals surface area contributed by atoms with Gasteiger partial charge in [0.15, 0.2) is 4.80 Å². The summed E-state index contributed by atoms with van der Waals surface area (Å²) in [5.41, 5.74) is 5.07. The summed E-state index contributed by atoms with van der Waals surface area (Å²) in [4.78, 5) is 32.8. The second kappa shape index (κ2) is 11.7. The summed E-state index contributed by atoms with van der Waals surface area (Å²) in [6.07, 6.45) is 3.21. The van der Waals surface area contributed by atoms with Gasteiger partial charge in [0.25, 0.3) is 5.56 Å². The third kappa shape index (κ3) is 5.29. The minimum absolute atomic E-state index is 0.209. The molecular weight excluding hydrogens is 541 g/mol. The van der Waals surface area contributed by atoms with Crippen LogP contribution >= 0.6 is 11.3 Å². The van der Waals surface area contributed by atoms with Gasteiger partial charge in [-0.2, -0.15) is 0 Å². The average Bonchev–Trinajstić information content (AvgIpc) is 3.42. The molecule has 0 fully saturated rings. The fourth-order valence-electron chi connectivity index (χ4n) is 5.31. The number of halogens is 1. The lowest BCUT2D eigenvalue weighted by Crippen LogP contribution is -2.40. The Bertz CT molecular complexity index is 1830. The molecule has 0 saturated heterocycles. The summed E-state index contributed by atoms with van der Waals surface area (Å²) in [5, 5.41) is 0. The number of hydrogen-bond acceptors (Lipinski definition) is 6. The van der Waals surface area contributed by atoms with Gasteiger partial charge in [-0.25, -0.2) is 14.2 Å². The van der Waals surface area contributed by atoms with Gasteiger partial charge < -0.3 is 14.0 Å². The number of methoxy groups -OCH3 is 1. The van der Waals surface area contributed by atoms with E-state index >= 15 is 0 Å². The molecule has 212 valence electrons. The van der Waals surface area contributed by atoms with Gasteiger partial charge in [0, 0.05) is 17.1 Å². The smallest absolute Gasteiger partial charge is 0.338 e. The van der Waals surface area contributed by atoms with E-state index in [9.17, 15) is 14.0 Å². The van der Waals surface area contributed by atoms with Crippen molar-refractivity contribution in [1.29, 1.82) is 0 Å². The van der Waals surface area contributed by atoms with Gasteiger partial charge in [-0.3, -0.25) is 9.36 Å². The number of aromatic nitrogens is 2. The van der Waals surface area contributed by atoms with E-state index in [-0.39, 0.29) is 18.0 Å². The van der Waals surface area contributed by atoms with Crippen molar-refractivity contribution in [2.45, 2.75) is 46.6 Å². The van der Waals surface area contributed by atoms with Gasteiger partial charge in [0.2, 0.25) is 0 Å². The number of esters is 1. The Morgan fingerprint density at radius 1 is 1.12 bits per heavy atom. The number of aryl methyl sites for hydroxylation is 1. The summed E-state index contributed by atoms with van der Waals surface area (Å²) in [6, 6.07) is 15.0. The fourth-order valence-corrected chi connectivity index (χ4v) is 6.32. The van der Waals surface area contributed by atoms with Gasteiger partial charge >= 0.3 is 5.97 Å². The van der Waals surface area contributed by atoms with Crippen LogP contribution in [0.5, 0.6) is 5.75 Å². The maximum absolute atomic E-state index is 14.1. The molecule has 41 heavy (non-hydrogen) atoms. The van der Waals surface area contributed by atoms with E-state index in [0.717, 1.165) is 34.6 Å². The van der Waals surface area contributed by atoms with Crippen LogP contribution in [0.2, 0.25) is 0 Å². The summed E-state index contributed by atoms with van der Waals surface area (Å²) >= 11 is 1.30. The molecule has 1 unspecified atom stereocenters. The molecule has 1 aliphatic heterocycles. The van der Waals surface area contributed by atoms with E-state index in [1.165, 1.54) is 23.5 Å². The number of thiazole rings is 1. The van der Waals surface area contributed by atoms with Crippen molar-refractivity contribution >= 4 is 23.4 Å². The van der Waals surface area contributed by atoms with Gasteiger partial charge in [-0.05, 0) is 86.9 Å². The Labute approximate surface area is 241 Å². The Morgan fingerprint density at radius 2 is 1.88 bits per heavy atom. The molecule has 1 aliphatic rings. The van der Waals surface area contributed by atoms with Crippen molar-refractivity contribution < 1.29 is 18.7 Å². The second-order valence-electron chi connectivity index (χ2n) is 9.83. The molecule has 0 N–H and O–H groups in total. The van der Waals surface area contributed by atoms with Crippen LogP contribution in [0.3, 0.4) is 0 Å². The van der Waals surface area contributed by atoms with Gasteiger partial charge in [0.1, 0.15) is 11.6 Å². The van der Waals surface area contributed by atoms with Crippen LogP contribution < -0.4 is 19.6 Å². The summed E-state index contributed by atoms with van der Waals surface area (Å²) in [7, 11) is 1.58. The van der Waals surface area contributed by atoms with Crippen LogP contribution in [0.15, 0.2) is 75.7 Å². The molecule has 0 bridgehead atoms. The first kappa shape index (κ1) is 28.3. The Kier molecular flexibility index (Phi) is 8.08. The highest BCUT2D eigenvalue weighted by atomic mass is 32.1. The molecule has 9 heteroatoms. The largest absolute Gasteiger partial charge is 0.497 e. The lowest BCUT2D eigenvalue weighted by Gasteiger charge is -2.26. The minimum Gasteiger partial charge on any atom is -0.497 e. The van der Waals surface area contributed by atoms with Crippen LogP contribution in [0.4, 0.5) is 4.39 Å². The highest BCUT2D eigenvalue weighted by molar-refractivity contribution is 7.07. The number of nitrogens with zero attached hydrogens (tertiary/aromatic N) is 3. The van der Waals surface area contributed by atoms with Crippen molar-refractivity contribution in [1.82, 2.24) is 9.13 Å².